The first-order valence-electron chi connectivity index (χ1n) is 9.25. The molecule has 3 aliphatic heterocycles. The number of hydrogen-bond donors (Lipinski definition) is 1. The van der Waals surface area contributed by atoms with Gasteiger partial charge >= 0.3 is 6.09 Å². The average molecular weight is 374 g/mol. The number of likely N-dealkylation sites (N-methyl/N-ethyl adjacent to an activating group) is 2. The molecule has 0 radical (unpaired) electrons. The van der Waals surface area contributed by atoms with E-state index >= 15 is 0 Å². The Morgan fingerprint density at radius 1 is 1.33 bits per heavy atom. The van der Waals surface area contributed by atoms with Gasteiger partial charge in [0.15, 0.2) is 0 Å². The van der Waals surface area contributed by atoms with Gasteiger partial charge in [0.25, 0.3) is 5.91 Å². The van der Waals surface area contributed by atoms with Gasteiger partial charge in [-0.3, -0.25) is 19.4 Å². The zero-order chi connectivity index (χ0) is 19.5. The summed E-state index contributed by atoms with van der Waals surface area (Å²) in [5, 5.41) is 11.1. The second-order valence-corrected chi connectivity index (χ2v) is 7.91. The third-order valence-electron chi connectivity index (χ3n) is 6.47. The van der Waals surface area contributed by atoms with Gasteiger partial charge in [-0.1, -0.05) is 6.92 Å². The van der Waals surface area contributed by atoms with Crippen molar-refractivity contribution in [2.45, 2.75) is 37.4 Å². The van der Waals surface area contributed by atoms with Crippen molar-refractivity contribution < 1.29 is 19.5 Å². The molecule has 0 bridgehead atoms. The molecule has 0 aromatic heterocycles. The molecule has 0 aliphatic carbocycles. The summed E-state index contributed by atoms with van der Waals surface area (Å²) >= 11 is 0. The van der Waals surface area contributed by atoms with Crippen molar-refractivity contribution in [3.05, 3.63) is 23.8 Å². The van der Waals surface area contributed by atoms with Crippen LogP contribution in [0, 0.1) is 0 Å². The van der Waals surface area contributed by atoms with Crippen LogP contribution >= 0.6 is 0 Å². The molecule has 4 rings (SSSR count). The largest absolute Gasteiger partial charge is 0.465 e. The van der Waals surface area contributed by atoms with E-state index < -0.39 is 12.1 Å². The fourth-order valence-corrected chi connectivity index (χ4v) is 5.20. The summed E-state index contributed by atoms with van der Waals surface area (Å²) in [6.45, 7) is 3.63. The van der Waals surface area contributed by atoms with Gasteiger partial charge in [0.1, 0.15) is 6.04 Å². The molecule has 8 nitrogen and oxygen atoms in total. The van der Waals surface area contributed by atoms with Crippen molar-refractivity contribution in [2.75, 3.05) is 44.1 Å². The summed E-state index contributed by atoms with van der Waals surface area (Å²) in [6, 6.07) is 4.98. The van der Waals surface area contributed by atoms with Gasteiger partial charge in [-0.25, -0.2) is 9.86 Å². The lowest BCUT2D eigenvalue weighted by Gasteiger charge is -2.32. The predicted octanol–water partition coefficient (Wildman–Crippen LogP) is 1.70. The van der Waals surface area contributed by atoms with E-state index in [1.165, 1.54) is 17.1 Å². The lowest BCUT2D eigenvalue weighted by Crippen LogP contribution is -2.45. The molecule has 0 spiro atoms. The number of nitrogens with zero attached hydrogens (tertiary/aromatic N) is 4. The molecule has 2 saturated heterocycles. The number of carboxylic acid groups (broad SMARTS) is 1. The molecule has 27 heavy (non-hydrogen) atoms. The van der Waals surface area contributed by atoms with E-state index in [4.69, 9.17) is 4.84 Å². The van der Waals surface area contributed by atoms with Crippen LogP contribution in [0.3, 0.4) is 0 Å². The van der Waals surface area contributed by atoms with Crippen LogP contribution in [0.5, 0.6) is 0 Å². The maximum Gasteiger partial charge on any atom is 0.412 e. The van der Waals surface area contributed by atoms with E-state index in [1.54, 1.807) is 6.07 Å². The Balaban J connectivity index is 1.74. The molecule has 146 valence electrons. The smallest absolute Gasteiger partial charge is 0.412 e. The second-order valence-electron chi connectivity index (χ2n) is 7.91. The highest BCUT2D eigenvalue weighted by Gasteiger charge is 2.52. The average Bonchev–Trinajstić information content (AvgIpc) is 3.21. The zero-order valence-electron chi connectivity index (χ0n) is 16.2. The Morgan fingerprint density at radius 3 is 2.70 bits per heavy atom. The Kier molecular flexibility index (Phi) is 4.08. The molecule has 1 N–H and O–H groups in total. The van der Waals surface area contributed by atoms with E-state index in [1.807, 2.05) is 12.1 Å². The Bertz CT molecular complexity index is 800. The summed E-state index contributed by atoms with van der Waals surface area (Å²) in [7, 11) is 5.63. The Labute approximate surface area is 158 Å². The fraction of sp³-hybridized carbons (Fsp3) is 0.579. The standard InChI is InChI=1S/C19H26N4O4/c1-19-8-10-20(2)17(19)21(3)14-6-5-12(11-13(14)19)23(18(25)26)15-7-9-22(27-4)16(15)24/h5-6,11,15,17H,7-10H2,1-4H3,(H,25,26)/t15-,17-,19+/m1/s1. The summed E-state index contributed by atoms with van der Waals surface area (Å²) in [5.41, 5.74) is 2.76. The molecular weight excluding hydrogens is 348 g/mol. The number of hydroxylamine groups is 2. The first kappa shape index (κ1) is 18.1. The minimum Gasteiger partial charge on any atom is -0.465 e. The van der Waals surface area contributed by atoms with E-state index in [0.29, 0.717) is 18.7 Å². The monoisotopic (exact) mass is 374 g/mol. The number of hydrogen-bond acceptors (Lipinski definition) is 5. The molecular formula is C19H26N4O4. The van der Waals surface area contributed by atoms with E-state index in [9.17, 15) is 14.7 Å². The van der Waals surface area contributed by atoms with Gasteiger partial charge in [0.2, 0.25) is 0 Å². The van der Waals surface area contributed by atoms with Crippen molar-refractivity contribution >= 4 is 23.4 Å². The highest BCUT2D eigenvalue weighted by Crippen LogP contribution is 2.51. The number of benzene rings is 1. The highest BCUT2D eigenvalue weighted by molar-refractivity contribution is 5.97. The van der Waals surface area contributed by atoms with Crippen LogP contribution in [0.4, 0.5) is 16.2 Å². The van der Waals surface area contributed by atoms with Crippen molar-refractivity contribution in [1.29, 1.82) is 0 Å². The van der Waals surface area contributed by atoms with E-state index in [0.717, 1.165) is 24.2 Å². The normalized spacial score (nSPS) is 30.0. The third-order valence-corrected chi connectivity index (χ3v) is 6.47. The van der Waals surface area contributed by atoms with Crippen LogP contribution in [-0.2, 0) is 15.0 Å². The summed E-state index contributed by atoms with van der Waals surface area (Å²) in [5.74, 6) is -0.317. The molecule has 1 aromatic carbocycles. The van der Waals surface area contributed by atoms with Gasteiger partial charge in [-0.05, 0) is 43.7 Å². The molecule has 0 unspecified atom stereocenters. The molecule has 2 amide bonds. The summed E-state index contributed by atoms with van der Waals surface area (Å²) in [4.78, 5) is 35.4. The van der Waals surface area contributed by atoms with Crippen LogP contribution < -0.4 is 9.80 Å². The van der Waals surface area contributed by atoms with Gasteiger partial charge in [0, 0.05) is 30.4 Å². The van der Waals surface area contributed by atoms with Crippen LogP contribution in [0.1, 0.15) is 25.3 Å². The Morgan fingerprint density at radius 2 is 2.07 bits per heavy atom. The van der Waals surface area contributed by atoms with Gasteiger partial charge in [-0.15, -0.1) is 0 Å². The van der Waals surface area contributed by atoms with E-state index in [2.05, 4.69) is 30.8 Å². The second kappa shape index (κ2) is 6.10. The molecule has 3 aliphatic rings. The third kappa shape index (κ3) is 2.43. The SMILES string of the molecule is CON1CC[C@@H](N(C(=O)O)c2ccc3c(c2)[C@]2(C)CCN(C)[C@@H]2N3C)C1=O. The molecule has 8 heteroatoms. The maximum atomic E-state index is 12.5. The predicted molar refractivity (Wildman–Crippen MR) is 101 cm³/mol. The van der Waals surface area contributed by atoms with Crippen molar-refractivity contribution in [3.63, 3.8) is 0 Å². The van der Waals surface area contributed by atoms with Crippen LogP contribution in [0.2, 0.25) is 0 Å². The number of likely N-dealkylation sites (tertiary alicyclic amines) is 1. The Hall–Kier alpha value is -2.32. The molecule has 2 fully saturated rings. The number of fused-ring (bicyclic) bond motifs is 3. The summed E-state index contributed by atoms with van der Waals surface area (Å²) < 4.78 is 0. The molecule has 3 heterocycles. The lowest BCUT2D eigenvalue weighted by atomic mass is 9.81. The fourth-order valence-electron chi connectivity index (χ4n) is 5.20. The topological polar surface area (TPSA) is 76.6 Å². The number of carbonyl (C=O) groups excluding carboxylic acids is 1. The van der Waals surface area contributed by atoms with Crippen molar-refractivity contribution in [3.8, 4) is 0 Å². The minimum absolute atomic E-state index is 0.0583. The molecule has 3 atom stereocenters. The van der Waals surface area contributed by atoms with Crippen LogP contribution in [0.15, 0.2) is 18.2 Å². The van der Waals surface area contributed by atoms with Crippen molar-refractivity contribution in [1.82, 2.24) is 9.96 Å². The number of anilines is 2. The first-order chi connectivity index (χ1) is 12.8. The zero-order valence-corrected chi connectivity index (χ0v) is 16.2. The van der Waals surface area contributed by atoms with Gasteiger partial charge in [-0.2, -0.15) is 0 Å². The number of carbonyl (C=O) groups is 2. The highest BCUT2D eigenvalue weighted by atomic mass is 16.7. The quantitative estimate of drug-likeness (QED) is 0.868. The van der Waals surface area contributed by atoms with Crippen molar-refractivity contribution in [2.24, 2.45) is 0 Å². The van der Waals surface area contributed by atoms with Crippen LogP contribution in [0.25, 0.3) is 0 Å². The van der Waals surface area contributed by atoms with Gasteiger partial charge < -0.3 is 10.0 Å². The first-order valence-corrected chi connectivity index (χ1v) is 9.25. The van der Waals surface area contributed by atoms with Gasteiger partial charge in [0.05, 0.1) is 19.8 Å². The summed E-state index contributed by atoms with van der Waals surface area (Å²) in [6.07, 6.45) is 0.571. The minimum atomic E-state index is -1.12. The van der Waals surface area contributed by atoms with Crippen LogP contribution in [-0.4, -0.2) is 73.6 Å². The van der Waals surface area contributed by atoms with E-state index in [-0.39, 0.29) is 17.5 Å². The maximum absolute atomic E-state index is 12.5. The number of amides is 2. The number of rotatable bonds is 3. The molecule has 0 saturated carbocycles. The molecule has 1 aromatic rings. The lowest BCUT2D eigenvalue weighted by molar-refractivity contribution is -0.167.